The normalized spacial score (nSPS) is 22.3. The SMILES string of the molecule is O=C(C1CCCCC1)N1CCC(O)(c2csc(CN3CCc4ccccc4C3)n2)CC1. The van der Waals surface area contributed by atoms with Gasteiger partial charge in [0.1, 0.15) is 10.6 Å². The van der Waals surface area contributed by atoms with Gasteiger partial charge in [-0.15, -0.1) is 11.3 Å². The van der Waals surface area contributed by atoms with E-state index in [0.29, 0.717) is 31.8 Å². The van der Waals surface area contributed by atoms with Gasteiger partial charge in [0, 0.05) is 37.5 Å². The zero-order valence-electron chi connectivity index (χ0n) is 18.3. The minimum Gasteiger partial charge on any atom is -0.383 e. The zero-order chi connectivity index (χ0) is 21.3. The summed E-state index contributed by atoms with van der Waals surface area (Å²) in [7, 11) is 0. The number of nitrogens with zero attached hydrogens (tertiary/aromatic N) is 3. The van der Waals surface area contributed by atoms with Gasteiger partial charge in [-0.1, -0.05) is 43.5 Å². The Bertz CT molecular complexity index is 913. The molecule has 5 rings (SSSR count). The van der Waals surface area contributed by atoms with E-state index in [2.05, 4.69) is 29.2 Å². The number of hydrogen-bond acceptors (Lipinski definition) is 5. The van der Waals surface area contributed by atoms with E-state index in [1.807, 2.05) is 10.3 Å². The van der Waals surface area contributed by atoms with Gasteiger partial charge in [0.15, 0.2) is 0 Å². The Morgan fingerprint density at radius 1 is 1.10 bits per heavy atom. The highest BCUT2D eigenvalue weighted by molar-refractivity contribution is 7.09. The van der Waals surface area contributed by atoms with Gasteiger partial charge >= 0.3 is 0 Å². The Kier molecular flexibility index (Phi) is 6.13. The molecule has 31 heavy (non-hydrogen) atoms. The van der Waals surface area contributed by atoms with Crippen molar-refractivity contribution in [2.45, 2.75) is 70.1 Å². The van der Waals surface area contributed by atoms with Gasteiger partial charge in [-0.05, 0) is 43.2 Å². The molecule has 0 bridgehead atoms. The summed E-state index contributed by atoms with van der Waals surface area (Å²) in [6.45, 7) is 4.13. The molecule has 1 aromatic heterocycles. The Balaban J connectivity index is 1.18. The van der Waals surface area contributed by atoms with E-state index in [0.717, 1.165) is 49.6 Å². The highest BCUT2D eigenvalue weighted by atomic mass is 32.1. The third-order valence-corrected chi connectivity index (χ3v) is 8.29. The van der Waals surface area contributed by atoms with Crippen LogP contribution < -0.4 is 0 Å². The summed E-state index contributed by atoms with van der Waals surface area (Å²) < 4.78 is 0. The summed E-state index contributed by atoms with van der Waals surface area (Å²) >= 11 is 1.65. The van der Waals surface area contributed by atoms with Gasteiger partial charge in [0.25, 0.3) is 0 Å². The fourth-order valence-electron chi connectivity index (χ4n) is 5.44. The molecule has 6 heteroatoms. The highest BCUT2D eigenvalue weighted by Gasteiger charge is 2.38. The smallest absolute Gasteiger partial charge is 0.225 e. The number of aliphatic hydroxyl groups is 1. The summed E-state index contributed by atoms with van der Waals surface area (Å²) in [6.07, 6.45) is 7.96. The van der Waals surface area contributed by atoms with Crippen LogP contribution in [-0.2, 0) is 29.9 Å². The van der Waals surface area contributed by atoms with Crippen LogP contribution in [0.25, 0.3) is 0 Å². The van der Waals surface area contributed by atoms with Gasteiger partial charge in [-0.2, -0.15) is 0 Å². The Hall–Kier alpha value is -1.76. The van der Waals surface area contributed by atoms with E-state index in [9.17, 15) is 9.90 Å². The van der Waals surface area contributed by atoms with E-state index < -0.39 is 5.60 Å². The molecule has 1 aromatic carbocycles. The van der Waals surface area contributed by atoms with Gasteiger partial charge in [0.2, 0.25) is 5.91 Å². The first-order valence-corrected chi connectivity index (χ1v) is 12.7. The molecule has 5 nitrogen and oxygen atoms in total. The monoisotopic (exact) mass is 439 g/mol. The molecule has 1 N–H and O–H groups in total. The molecule has 2 aliphatic heterocycles. The van der Waals surface area contributed by atoms with E-state index >= 15 is 0 Å². The van der Waals surface area contributed by atoms with Gasteiger partial charge in [-0.25, -0.2) is 4.98 Å². The van der Waals surface area contributed by atoms with Crippen molar-refractivity contribution in [1.82, 2.24) is 14.8 Å². The standard InChI is InChI=1S/C25H33N3O2S/c29-24(20-7-2-1-3-8-20)28-14-11-25(30,12-15-28)22-18-31-23(26-22)17-27-13-10-19-6-4-5-9-21(19)16-27/h4-6,9,18,20,30H,1-3,7-8,10-17H2. The van der Waals surface area contributed by atoms with Crippen LogP contribution >= 0.6 is 11.3 Å². The average Bonchev–Trinajstić information content (AvgIpc) is 3.29. The number of thiazole rings is 1. The predicted molar refractivity (Wildman–Crippen MR) is 123 cm³/mol. The van der Waals surface area contributed by atoms with Crippen LogP contribution in [0.3, 0.4) is 0 Å². The van der Waals surface area contributed by atoms with Crippen LogP contribution in [0.1, 0.15) is 66.8 Å². The first kappa shape index (κ1) is 21.1. The van der Waals surface area contributed by atoms with Crippen LogP contribution in [0, 0.1) is 5.92 Å². The lowest BCUT2D eigenvalue weighted by Crippen LogP contribution is -2.47. The first-order chi connectivity index (χ1) is 15.1. The number of hydrogen-bond donors (Lipinski definition) is 1. The lowest BCUT2D eigenvalue weighted by molar-refractivity contribution is -0.141. The number of rotatable bonds is 4. The molecule has 0 unspecified atom stereocenters. The van der Waals surface area contributed by atoms with Crippen molar-refractivity contribution in [3.63, 3.8) is 0 Å². The molecule has 166 valence electrons. The Morgan fingerprint density at radius 3 is 2.61 bits per heavy atom. The molecule has 1 amide bonds. The second kappa shape index (κ2) is 9.00. The van der Waals surface area contributed by atoms with Crippen LogP contribution in [0.4, 0.5) is 0 Å². The second-order valence-corrected chi connectivity index (χ2v) is 10.5. The molecule has 1 saturated heterocycles. The Labute approximate surface area is 189 Å². The third-order valence-electron chi connectivity index (χ3n) is 7.45. The zero-order valence-corrected chi connectivity index (χ0v) is 19.1. The Morgan fingerprint density at radius 2 is 1.84 bits per heavy atom. The predicted octanol–water partition coefficient (Wildman–Crippen LogP) is 4.09. The van der Waals surface area contributed by atoms with Crippen LogP contribution in [0.2, 0.25) is 0 Å². The van der Waals surface area contributed by atoms with Crippen LogP contribution in [0.15, 0.2) is 29.6 Å². The second-order valence-electron chi connectivity index (χ2n) is 9.55. The number of piperidine rings is 1. The molecule has 1 aliphatic carbocycles. The molecular weight excluding hydrogens is 406 g/mol. The highest BCUT2D eigenvalue weighted by Crippen LogP contribution is 2.35. The molecule has 3 heterocycles. The fraction of sp³-hybridized carbons (Fsp3) is 0.600. The number of fused-ring (bicyclic) bond motifs is 1. The number of amides is 1. The largest absolute Gasteiger partial charge is 0.383 e. The minimum atomic E-state index is -0.896. The third kappa shape index (κ3) is 4.57. The molecule has 0 radical (unpaired) electrons. The molecule has 1 saturated carbocycles. The van der Waals surface area contributed by atoms with Crippen molar-refractivity contribution >= 4 is 17.2 Å². The lowest BCUT2D eigenvalue weighted by Gasteiger charge is -2.39. The number of carbonyl (C=O) groups is 1. The summed E-state index contributed by atoms with van der Waals surface area (Å²) in [5.74, 6) is 0.520. The van der Waals surface area contributed by atoms with E-state index in [1.165, 1.54) is 30.4 Å². The number of benzene rings is 1. The van der Waals surface area contributed by atoms with E-state index in [1.54, 1.807) is 11.3 Å². The van der Waals surface area contributed by atoms with E-state index in [4.69, 9.17) is 4.98 Å². The summed E-state index contributed by atoms with van der Waals surface area (Å²) in [6, 6.07) is 8.69. The molecule has 2 fully saturated rings. The summed E-state index contributed by atoms with van der Waals surface area (Å²) in [5, 5.41) is 14.4. The van der Waals surface area contributed by atoms with Crippen molar-refractivity contribution in [2.75, 3.05) is 19.6 Å². The summed E-state index contributed by atoms with van der Waals surface area (Å²) in [5.41, 5.74) is 2.78. The number of likely N-dealkylation sites (tertiary alicyclic amines) is 1. The number of aromatic nitrogens is 1. The molecule has 3 aliphatic rings. The van der Waals surface area contributed by atoms with Crippen molar-refractivity contribution in [3.8, 4) is 0 Å². The van der Waals surface area contributed by atoms with Crippen molar-refractivity contribution in [2.24, 2.45) is 5.92 Å². The van der Waals surface area contributed by atoms with Crippen molar-refractivity contribution in [3.05, 3.63) is 51.5 Å². The van der Waals surface area contributed by atoms with E-state index in [-0.39, 0.29) is 5.92 Å². The average molecular weight is 440 g/mol. The maximum absolute atomic E-state index is 12.8. The first-order valence-electron chi connectivity index (χ1n) is 11.9. The fourth-order valence-corrected chi connectivity index (χ4v) is 6.37. The topological polar surface area (TPSA) is 56.7 Å². The minimum absolute atomic E-state index is 0.209. The quantitative estimate of drug-likeness (QED) is 0.780. The van der Waals surface area contributed by atoms with Crippen molar-refractivity contribution < 1.29 is 9.90 Å². The lowest BCUT2D eigenvalue weighted by atomic mass is 9.85. The number of carbonyl (C=O) groups excluding carboxylic acids is 1. The molecule has 0 spiro atoms. The van der Waals surface area contributed by atoms with Gasteiger partial charge in [-0.3, -0.25) is 9.69 Å². The van der Waals surface area contributed by atoms with Gasteiger partial charge < -0.3 is 10.0 Å². The van der Waals surface area contributed by atoms with Crippen LogP contribution in [0.5, 0.6) is 0 Å². The molecule has 2 aromatic rings. The van der Waals surface area contributed by atoms with Gasteiger partial charge in [0.05, 0.1) is 12.2 Å². The van der Waals surface area contributed by atoms with Crippen molar-refractivity contribution in [1.29, 1.82) is 0 Å². The maximum Gasteiger partial charge on any atom is 0.225 e. The maximum atomic E-state index is 12.8. The van der Waals surface area contributed by atoms with Crippen LogP contribution in [-0.4, -0.2) is 45.4 Å². The molecule has 0 atom stereocenters. The molecular formula is C25H33N3O2S. The summed E-state index contributed by atoms with van der Waals surface area (Å²) in [4.78, 5) is 22.1.